The number of carbonyl (C=O) groups is 1. The molecular weight excluding hydrogens is 393 g/mol. The number of benzene rings is 1. The first-order valence-corrected chi connectivity index (χ1v) is 9.13. The molecule has 9 heteroatoms. The Kier molecular flexibility index (Phi) is 4.84. The van der Waals surface area contributed by atoms with E-state index in [9.17, 15) is 26.7 Å². The van der Waals surface area contributed by atoms with Crippen molar-refractivity contribution >= 4 is 17.3 Å². The van der Waals surface area contributed by atoms with Crippen LogP contribution in [-0.2, 0) is 0 Å². The molecule has 0 aliphatic heterocycles. The zero-order valence-electron chi connectivity index (χ0n) is 15.1. The maximum atomic E-state index is 13.7. The number of alkyl halides is 3. The molecule has 1 fully saturated rings. The molecule has 0 radical (unpaired) electrons. The lowest BCUT2D eigenvalue weighted by atomic mass is 9.93. The summed E-state index contributed by atoms with van der Waals surface area (Å²) in [6.45, 7) is 0. The number of nitrogens with one attached hydrogen (secondary N) is 1. The predicted octanol–water partition coefficient (Wildman–Crippen LogP) is 5.14. The van der Waals surface area contributed by atoms with E-state index in [0.717, 1.165) is 43.4 Å². The summed E-state index contributed by atoms with van der Waals surface area (Å²) in [5, 5.41) is 2.21. The number of hydrogen-bond acceptors (Lipinski definition) is 3. The first-order valence-electron chi connectivity index (χ1n) is 9.13. The van der Waals surface area contributed by atoms with Crippen LogP contribution in [0.3, 0.4) is 0 Å². The Morgan fingerprint density at radius 2 is 1.79 bits per heavy atom. The van der Waals surface area contributed by atoms with Crippen LogP contribution in [0.15, 0.2) is 36.2 Å². The molecule has 29 heavy (non-hydrogen) atoms. The van der Waals surface area contributed by atoms with E-state index < -0.39 is 34.9 Å². The number of hydrogen-bond donors (Lipinski definition) is 1. The first kappa shape index (κ1) is 19.5. The molecule has 1 aromatic carbocycles. The molecule has 0 saturated heterocycles. The van der Waals surface area contributed by atoms with E-state index in [-0.39, 0.29) is 35.3 Å². The van der Waals surface area contributed by atoms with Crippen molar-refractivity contribution in [1.82, 2.24) is 9.97 Å². The molecule has 1 aromatic heterocycles. The van der Waals surface area contributed by atoms with Crippen molar-refractivity contribution in [3.05, 3.63) is 59.1 Å². The average Bonchev–Trinajstić information content (AvgIpc) is 3.23. The van der Waals surface area contributed by atoms with Crippen LogP contribution in [0, 0.1) is 23.5 Å². The van der Waals surface area contributed by atoms with Gasteiger partial charge in [-0.3, -0.25) is 9.78 Å². The van der Waals surface area contributed by atoms with E-state index in [1.807, 2.05) is 0 Å². The van der Waals surface area contributed by atoms with E-state index in [0.29, 0.717) is 6.42 Å². The summed E-state index contributed by atoms with van der Waals surface area (Å²) in [6, 6.07) is 3.01. The van der Waals surface area contributed by atoms with Crippen LogP contribution >= 0.6 is 0 Å². The van der Waals surface area contributed by atoms with E-state index in [1.54, 1.807) is 0 Å². The average molecular weight is 409 g/mol. The van der Waals surface area contributed by atoms with Gasteiger partial charge in [0.25, 0.3) is 5.91 Å². The fourth-order valence-electron chi connectivity index (χ4n) is 4.30. The van der Waals surface area contributed by atoms with E-state index >= 15 is 0 Å². The van der Waals surface area contributed by atoms with Gasteiger partial charge in [0.1, 0.15) is 17.2 Å². The SMILES string of the molecule is O=C(Nc1cnc(C2=C(C(F)(F)F)CC3CCCC23)cn1)c1c(F)cccc1F. The molecule has 2 aromatic rings. The Morgan fingerprint density at radius 1 is 1.07 bits per heavy atom. The third kappa shape index (κ3) is 3.61. The van der Waals surface area contributed by atoms with Crippen molar-refractivity contribution in [2.45, 2.75) is 31.9 Å². The molecule has 2 unspecified atom stereocenters. The number of allylic oxidation sites excluding steroid dienone is 2. The minimum atomic E-state index is -4.43. The second kappa shape index (κ2) is 7.20. The predicted molar refractivity (Wildman–Crippen MR) is 94.8 cm³/mol. The number of nitrogens with zero attached hydrogens (tertiary/aromatic N) is 2. The Balaban J connectivity index is 1.60. The zero-order chi connectivity index (χ0) is 20.8. The molecule has 0 bridgehead atoms. The van der Waals surface area contributed by atoms with Crippen LogP contribution in [0.5, 0.6) is 0 Å². The fraction of sp³-hybridized carbons (Fsp3) is 0.350. The lowest BCUT2D eigenvalue weighted by Gasteiger charge is -2.15. The lowest BCUT2D eigenvalue weighted by molar-refractivity contribution is -0.0933. The van der Waals surface area contributed by atoms with Gasteiger partial charge in [0.05, 0.1) is 18.1 Å². The molecular formula is C20H16F5N3O. The minimum Gasteiger partial charge on any atom is -0.305 e. The van der Waals surface area contributed by atoms with Gasteiger partial charge in [-0.2, -0.15) is 13.2 Å². The molecule has 2 aliphatic rings. The molecule has 4 rings (SSSR count). The molecule has 1 N–H and O–H groups in total. The number of fused-ring (bicyclic) bond motifs is 1. The molecule has 1 saturated carbocycles. The first-order chi connectivity index (χ1) is 13.8. The van der Waals surface area contributed by atoms with Gasteiger partial charge in [0, 0.05) is 5.57 Å². The topological polar surface area (TPSA) is 54.9 Å². The van der Waals surface area contributed by atoms with Gasteiger partial charge >= 0.3 is 6.18 Å². The Morgan fingerprint density at radius 3 is 2.41 bits per heavy atom. The van der Waals surface area contributed by atoms with Gasteiger partial charge in [0.2, 0.25) is 0 Å². The van der Waals surface area contributed by atoms with Crippen molar-refractivity contribution in [2.24, 2.45) is 11.8 Å². The standard InChI is InChI=1S/C20H16F5N3O/c21-13-5-2-6-14(22)18(13)19(29)28-16-9-26-15(8-27-16)17-11-4-1-3-10(11)7-12(17)20(23,24)25/h2,5-6,8-11H,1,3-4,7H2,(H,27,28,29). The molecule has 0 spiro atoms. The molecule has 2 atom stereocenters. The quantitative estimate of drug-likeness (QED) is 0.714. The summed E-state index contributed by atoms with van der Waals surface area (Å²) < 4.78 is 67.9. The molecule has 152 valence electrons. The van der Waals surface area contributed by atoms with Crippen molar-refractivity contribution in [1.29, 1.82) is 0 Å². The van der Waals surface area contributed by atoms with Crippen molar-refractivity contribution in [3.63, 3.8) is 0 Å². The highest BCUT2D eigenvalue weighted by Gasteiger charge is 2.48. The van der Waals surface area contributed by atoms with Gasteiger partial charge in [-0.1, -0.05) is 12.5 Å². The Bertz CT molecular complexity index is 964. The van der Waals surface area contributed by atoms with Crippen LogP contribution in [0.2, 0.25) is 0 Å². The third-order valence-corrected chi connectivity index (χ3v) is 5.52. The van der Waals surface area contributed by atoms with Gasteiger partial charge in [-0.05, 0) is 48.8 Å². The third-order valence-electron chi connectivity index (χ3n) is 5.52. The zero-order valence-corrected chi connectivity index (χ0v) is 15.1. The smallest absolute Gasteiger partial charge is 0.305 e. The van der Waals surface area contributed by atoms with Crippen molar-refractivity contribution < 1.29 is 26.7 Å². The number of rotatable bonds is 3. The van der Waals surface area contributed by atoms with E-state index in [4.69, 9.17) is 0 Å². The second-order valence-corrected chi connectivity index (χ2v) is 7.23. The molecule has 1 heterocycles. The monoisotopic (exact) mass is 409 g/mol. The lowest BCUT2D eigenvalue weighted by Crippen LogP contribution is -2.17. The van der Waals surface area contributed by atoms with Crippen LogP contribution in [-0.4, -0.2) is 22.1 Å². The number of anilines is 1. The summed E-state index contributed by atoms with van der Waals surface area (Å²) in [5.74, 6) is -3.48. The summed E-state index contributed by atoms with van der Waals surface area (Å²) in [6.07, 6.45) is 0.104. The maximum absolute atomic E-state index is 13.7. The number of halogens is 5. The number of carbonyl (C=O) groups excluding carboxylic acids is 1. The van der Waals surface area contributed by atoms with Crippen molar-refractivity contribution in [2.75, 3.05) is 5.32 Å². The largest absolute Gasteiger partial charge is 0.413 e. The Hall–Kier alpha value is -2.84. The molecule has 1 amide bonds. The minimum absolute atomic E-state index is 0.0176. The summed E-state index contributed by atoms with van der Waals surface area (Å²) in [4.78, 5) is 20.1. The van der Waals surface area contributed by atoms with Crippen LogP contribution in [0.4, 0.5) is 27.8 Å². The maximum Gasteiger partial charge on any atom is 0.413 e. The highest BCUT2D eigenvalue weighted by molar-refractivity contribution is 6.04. The van der Waals surface area contributed by atoms with Crippen LogP contribution < -0.4 is 5.32 Å². The number of amides is 1. The Labute approximate surface area is 162 Å². The van der Waals surface area contributed by atoms with Gasteiger partial charge in [0.15, 0.2) is 5.82 Å². The van der Waals surface area contributed by atoms with Gasteiger partial charge < -0.3 is 5.32 Å². The summed E-state index contributed by atoms with van der Waals surface area (Å²) in [7, 11) is 0. The molecule has 2 aliphatic carbocycles. The van der Waals surface area contributed by atoms with Crippen LogP contribution in [0.1, 0.15) is 41.7 Å². The number of aromatic nitrogens is 2. The summed E-state index contributed by atoms with van der Waals surface area (Å²) >= 11 is 0. The van der Waals surface area contributed by atoms with E-state index in [1.165, 1.54) is 0 Å². The van der Waals surface area contributed by atoms with Gasteiger partial charge in [-0.25, -0.2) is 13.8 Å². The highest BCUT2D eigenvalue weighted by atomic mass is 19.4. The van der Waals surface area contributed by atoms with E-state index in [2.05, 4.69) is 15.3 Å². The molecule has 4 nitrogen and oxygen atoms in total. The second-order valence-electron chi connectivity index (χ2n) is 7.23. The van der Waals surface area contributed by atoms with Crippen LogP contribution in [0.25, 0.3) is 5.57 Å². The van der Waals surface area contributed by atoms with Crippen molar-refractivity contribution in [3.8, 4) is 0 Å². The van der Waals surface area contributed by atoms with Gasteiger partial charge in [-0.15, -0.1) is 0 Å². The highest BCUT2D eigenvalue weighted by Crippen LogP contribution is 2.54. The normalized spacial score (nSPS) is 21.4. The summed E-state index contributed by atoms with van der Waals surface area (Å²) in [5.41, 5.74) is -1.05. The fourth-order valence-corrected chi connectivity index (χ4v) is 4.30.